The predicted molar refractivity (Wildman–Crippen MR) is 311 cm³/mol. The van der Waals surface area contributed by atoms with Gasteiger partial charge < -0.3 is 79.9 Å². The summed E-state index contributed by atoms with van der Waals surface area (Å²) >= 11 is 8.40. The first kappa shape index (κ1) is 64.4. The van der Waals surface area contributed by atoms with Crippen molar-refractivity contribution < 1.29 is 53.4 Å². The van der Waals surface area contributed by atoms with Crippen molar-refractivity contribution >= 4 is 95.3 Å². The molecule has 2 heterocycles. The highest BCUT2D eigenvalue weighted by atomic mass is 32.1. The summed E-state index contributed by atoms with van der Waals surface area (Å²) in [6.07, 6.45) is 2.55. The smallest absolute Gasteiger partial charge is 0.328 e. The number of nitrogens with two attached hydrogens (primary N) is 3. The van der Waals surface area contributed by atoms with Crippen molar-refractivity contribution in [2.24, 2.45) is 22.2 Å². The van der Waals surface area contributed by atoms with Gasteiger partial charge >= 0.3 is 5.97 Å². The molecule has 0 unspecified atom stereocenters. The Morgan fingerprint density at radius 1 is 0.622 bits per heavy atom. The maximum atomic E-state index is 14.7. The predicted octanol–water partition coefficient (Wildman–Crippen LogP) is -2.23. The highest BCUT2D eigenvalue weighted by molar-refractivity contribution is 7.80. The van der Waals surface area contributed by atoms with Crippen LogP contribution >= 0.6 is 25.3 Å². The lowest BCUT2D eigenvalue weighted by Crippen LogP contribution is -2.60. The van der Waals surface area contributed by atoms with E-state index >= 15 is 0 Å². The Bertz CT molecular complexity index is 2960. The van der Waals surface area contributed by atoms with E-state index in [0.717, 1.165) is 16.5 Å². The summed E-state index contributed by atoms with van der Waals surface area (Å²) in [4.78, 5) is 137. The second kappa shape index (κ2) is 32.7. The number of thiol groups is 2. The number of H-pyrrole nitrogens is 2. The number of para-hydroxylation sites is 1. The normalized spacial score (nSPS) is 14.4. The van der Waals surface area contributed by atoms with Crippen LogP contribution in [0.25, 0.3) is 10.9 Å². The number of aliphatic hydroxyl groups excluding tert-OH is 1. The van der Waals surface area contributed by atoms with E-state index in [1.165, 1.54) is 19.4 Å². The molecule has 0 aliphatic rings. The third-order valence-corrected chi connectivity index (χ3v) is 13.6. The first-order chi connectivity index (χ1) is 39.3. The van der Waals surface area contributed by atoms with Gasteiger partial charge in [-0.05, 0) is 48.9 Å². The number of aliphatic hydroxyl groups is 1. The maximum Gasteiger partial charge on any atom is 0.328 e. The van der Waals surface area contributed by atoms with Gasteiger partial charge in [-0.25, -0.2) is 9.78 Å². The van der Waals surface area contributed by atoms with Crippen molar-refractivity contribution in [2.45, 2.75) is 106 Å². The van der Waals surface area contributed by atoms with Crippen LogP contribution in [-0.4, -0.2) is 163 Å². The van der Waals surface area contributed by atoms with E-state index in [9.17, 15) is 53.4 Å². The third kappa shape index (κ3) is 20.6. The number of imidazole rings is 1. The van der Waals surface area contributed by atoms with Gasteiger partial charge in [0.2, 0.25) is 47.3 Å². The van der Waals surface area contributed by atoms with Crippen molar-refractivity contribution in [3.63, 3.8) is 0 Å². The zero-order valence-electron chi connectivity index (χ0n) is 44.9. The standard InChI is InChI=1S/C54H71N15O11S2/c1-30(70)45(53(79)80)69-52(78)42(27-81)63-44(71)18-20-59-47(73)40(23-33-25-61-37-16-9-8-15-35(33)37)66-48(74)38(17-10-19-60-54(56)57)64-49(75)39(22-32-13-6-3-7-14-32)65-50(76)41(24-34-26-58-29-62-34)67-51(77)43(28-82)68-46(72)36(55)21-31-11-4-2-5-12-31/h2-9,11-16,25-26,29-30,36,38-43,45,61,70,81-82H,10,17-24,27-28,55H2,1H3,(H,58,62)(H,59,73)(H,63,71)(H,64,75)(H,65,76)(H,66,74)(H,67,77)(H,68,72)(H,69,78)(H,79,80)(H4,56,57,60)/t30-,36-,38+,39-,40+,41+,42-,43+,45+/m1/s1. The lowest BCUT2D eigenvalue weighted by Gasteiger charge is -2.27. The van der Waals surface area contributed by atoms with Crippen LogP contribution in [-0.2, 0) is 68.8 Å². The number of benzene rings is 3. The molecule has 28 heteroatoms. The largest absolute Gasteiger partial charge is 0.480 e. The number of rotatable bonds is 33. The van der Waals surface area contributed by atoms with E-state index in [2.05, 4.69) is 87.7 Å². The van der Waals surface area contributed by atoms with Gasteiger partial charge in [-0.3, -0.25) is 43.3 Å². The molecule has 440 valence electrons. The lowest BCUT2D eigenvalue weighted by molar-refractivity contribution is -0.145. The van der Waals surface area contributed by atoms with E-state index in [1.54, 1.807) is 54.7 Å². The van der Waals surface area contributed by atoms with Gasteiger partial charge in [-0.15, -0.1) is 0 Å². The Hall–Kier alpha value is -8.47. The Balaban J connectivity index is 1.37. The molecule has 0 saturated carbocycles. The molecular formula is C54H71N15O11S2. The topological polar surface area (TPSA) is 425 Å². The molecule has 9 atom stereocenters. The van der Waals surface area contributed by atoms with Gasteiger partial charge in [0.1, 0.15) is 36.3 Å². The van der Waals surface area contributed by atoms with E-state index in [0.29, 0.717) is 16.8 Å². The Kier molecular flexibility index (Phi) is 25.7. The van der Waals surface area contributed by atoms with Gasteiger partial charge in [-0.2, -0.15) is 25.3 Å². The summed E-state index contributed by atoms with van der Waals surface area (Å²) in [5.74, 6) is -8.42. The number of aliphatic carboxylic acids is 1. The molecule has 0 aliphatic carbocycles. The number of aromatic amines is 2. The molecule has 0 saturated heterocycles. The number of hydrogen-bond donors (Lipinski definition) is 17. The van der Waals surface area contributed by atoms with E-state index < -0.39 is 108 Å². The number of aliphatic imine (C=N–C) groups is 1. The van der Waals surface area contributed by atoms with Crippen LogP contribution in [0.5, 0.6) is 0 Å². The van der Waals surface area contributed by atoms with Crippen LogP contribution in [0.4, 0.5) is 0 Å². The Labute approximate surface area is 483 Å². The quantitative estimate of drug-likeness (QED) is 0.00915. The molecule has 18 N–H and O–H groups in total. The third-order valence-electron chi connectivity index (χ3n) is 12.8. The van der Waals surface area contributed by atoms with Gasteiger partial charge in [0.25, 0.3) is 0 Å². The van der Waals surface area contributed by atoms with Crippen LogP contribution in [0.2, 0.25) is 0 Å². The van der Waals surface area contributed by atoms with Crippen LogP contribution < -0.4 is 59.7 Å². The first-order valence-electron chi connectivity index (χ1n) is 26.2. The van der Waals surface area contributed by atoms with Crippen molar-refractivity contribution in [2.75, 3.05) is 24.6 Å². The molecule has 3 aromatic carbocycles. The highest BCUT2D eigenvalue weighted by Crippen LogP contribution is 2.20. The molecule has 82 heavy (non-hydrogen) atoms. The zero-order chi connectivity index (χ0) is 59.7. The zero-order valence-corrected chi connectivity index (χ0v) is 46.7. The van der Waals surface area contributed by atoms with Crippen LogP contribution in [0.3, 0.4) is 0 Å². The van der Waals surface area contributed by atoms with E-state index in [1.807, 2.05) is 36.4 Å². The highest BCUT2D eigenvalue weighted by Gasteiger charge is 2.34. The average Bonchev–Trinajstić information content (AvgIpc) is 4.29. The van der Waals surface area contributed by atoms with E-state index in [-0.39, 0.29) is 75.5 Å². The second-order valence-electron chi connectivity index (χ2n) is 19.2. The fraction of sp³-hybridized carbons (Fsp3) is 0.389. The summed E-state index contributed by atoms with van der Waals surface area (Å²) in [5.41, 5.74) is 20.6. The fourth-order valence-electron chi connectivity index (χ4n) is 8.44. The van der Waals surface area contributed by atoms with Gasteiger partial charge in [0.05, 0.1) is 18.5 Å². The van der Waals surface area contributed by atoms with Crippen molar-refractivity contribution in [3.05, 3.63) is 126 Å². The molecule has 8 amide bonds. The average molecular weight is 1170 g/mol. The van der Waals surface area contributed by atoms with Crippen LogP contribution in [0.15, 0.2) is 109 Å². The molecule has 5 aromatic rings. The molecule has 5 rings (SSSR count). The number of nitrogens with one attached hydrogen (secondary N) is 10. The van der Waals surface area contributed by atoms with Crippen molar-refractivity contribution in [1.82, 2.24) is 57.5 Å². The van der Waals surface area contributed by atoms with Crippen LogP contribution in [0.1, 0.15) is 48.6 Å². The molecule has 2 aromatic heterocycles. The molecule has 26 nitrogen and oxygen atoms in total. The van der Waals surface area contributed by atoms with Crippen molar-refractivity contribution in [1.29, 1.82) is 0 Å². The molecule has 0 fully saturated rings. The number of amides is 8. The molecule has 0 spiro atoms. The number of guanidine groups is 1. The van der Waals surface area contributed by atoms with Gasteiger partial charge in [0.15, 0.2) is 12.0 Å². The summed E-state index contributed by atoms with van der Waals surface area (Å²) < 4.78 is 0. The number of carboxylic acid groups (broad SMARTS) is 1. The maximum absolute atomic E-state index is 14.7. The number of aromatic nitrogens is 3. The van der Waals surface area contributed by atoms with E-state index in [4.69, 9.17) is 17.2 Å². The monoisotopic (exact) mass is 1170 g/mol. The summed E-state index contributed by atoms with van der Waals surface area (Å²) in [7, 11) is 0. The van der Waals surface area contributed by atoms with Crippen molar-refractivity contribution in [3.8, 4) is 0 Å². The molecule has 0 bridgehead atoms. The molecular weight excluding hydrogens is 1100 g/mol. The molecule has 0 radical (unpaired) electrons. The number of hydrogen-bond acceptors (Lipinski definition) is 15. The number of carboxylic acids is 1. The first-order valence-corrected chi connectivity index (χ1v) is 27.5. The Morgan fingerprint density at radius 3 is 1.73 bits per heavy atom. The second-order valence-corrected chi connectivity index (χ2v) is 19.9. The summed E-state index contributed by atoms with van der Waals surface area (Å²) in [5, 5.41) is 40.7. The summed E-state index contributed by atoms with van der Waals surface area (Å²) in [6, 6.07) is 14.2. The van der Waals surface area contributed by atoms with Crippen LogP contribution in [0, 0.1) is 0 Å². The van der Waals surface area contributed by atoms with Gasteiger partial charge in [-0.1, -0.05) is 78.9 Å². The SMILES string of the molecule is C[C@@H](O)[C@H](NC(=O)[C@@H](CS)NC(=O)CCNC(=O)[C@H](Cc1c[nH]c2ccccc12)NC(=O)[C@H](CCCN=C(N)N)NC(=O)[C@@H](Cc1ccccc1)NC(=O)[C@H](Cc1cnc[nH]1)NC(=O)[C@H](CS)NC(=O)[C@H](N)Cc1ccccc1)C(=O)O. The minimum atomic E-state index is -1.66. The molecule has 0 aliphatic heterocycles. The fourth-order valence-corrected chi connectivity index (χ4v) is 8.95. The Morgan fingerprint density at radius 2 is 1.15 bits per heavy atom. The number of nitrogens with zero attached hydrogens (tertiary/aromatic N) is 2. The number of carbonyl (C=O) groups excluding carboxylic acids is 8. The minimum Gasteiger partial charge on any atom is -0.480 e. The minimum absolute atomic E-state index is 0.0333. The number of fused-ring (bicyclic) bond motifs is 1. The summed E-state index contributed by atoms with van der Waals surface area (Å²) in [6.45, 7) is 0.905. The number of carbonyl (C=O) groups is 9. The lowest BCUT2D eigenvalue weighted by atomic mass is 10.0. The van der Waals surface area contributed by atoms with Gasteiger partial charge in [0, 0.05) is 79.3 Å².